The normalized spacial score (nSPS) is 12.2. The van der Waals surface area contributed by atoms with E-state index in [1.165, 1.54) is 6.07 Å². The van der Waals surface area contributed by atoms with Crippen LogP contribution in [0.1, 0.15) is 12.5 Å². The standard InChI is InChI=1S/C12H16ClNO5/c1-3-18-6-10(15)7-19-12-8(2)4-9(13)5-11(12)14(16)17/h4-5,10,15H,3,6-7H2,1-2H3. The van der Waals surface area contributed by atoms with Crippen molar-refractivity contribution < 1.29 is 19.5 Å². The fourth-order valence-electron chi connectivity index (χ4n) is 1.52. The molecule has 0 aliphatic heterocycles. The molecule has 19 heavy (non-hydrogen) atoms. The van der Waals surface area contributed by atoms with Crippen molar-refractivity contribution in [2.45, 2.75) is 20.0 Å². The fraction of sp³-hybridized carbons (Fsp3) is 0.500. The number of hydrogen-bond donors (Lipinski definition) is 1. The minimum atomic E-state index is -0.838. The second-order valence-electron chi connectivity index (χ2n) is 3.95. The second kappa shape index (κ2) is 7.28. The lowest BCUT2D eigenvalue weighted by Crippen LogP contribution is -2.23. The Labute approximate surface area is 116 Å². The highest BCUT2D eigenvalue weighted by Crippen LogP contribution is 2.33. The van der Waals surface area contributed by atoms with Gasteiger partial charge in [-0.1, -0.05) is 11.6 Å². The van der Waals surface area contributed by atoms with Crippen molar-refractivity contribution in [1.82, 2.24) is 0 Å². The zero-order chi connectivity index (χ0) is 14.4. The van der Waals surface area contributed by atoms with E-state index in [-0.39, 0.29) is 29.7 Å². The Morgan fingerprint density at radius 3 is 2.74 bits per heavy atom. The van der Waals surface area contributed by atoms with Gasteiger partial charge in [0.05, 0.1) is 11.5 Å². The zero-order valence-corrected chi connectivity index (χ0v) is 11.5. The van der Waals surface area contributed by atoms with Gasteiger partial charge in [0.2, 0.25) is 0 Å². The molecular weight excluding hydrogens is 274 g/mol. The third kappa shape index (κ3) is 4.66. The number of benzene rings is 1. The fourth-order valence-corrected chi connectivity index (χ4v) is 1.78. The van der Waals surface area contributed by atoms with E-state index in [2.05, 4.69) is 0 Å². The molecule has 0 fully saturated rings. The summed E-state index contributed by atoms with van der Waals surface area (Å²) in [6.07, 6.45) is -0.838. The monoisotopic (exact) mass is 289 g/mol. The summed E-state index contributed by atoms with van der Waals surface area (Å²) in [5.41, 5.74) is 0.330. The Kier molecular flexibility index (Phi) is 6.01. The summed E-state index contributed by atoms with van der Waals surface area (Å²) in [5.74, 6) is 0.116. The molecule has 1 N–H and O–H groups in total. The molecular formula is C12H16ClNO5. The first-order valence-corrected chi connectivity index (χ1v) is 6.16. The summed E-state index contributed by atoms with van der Waals surface area (Å²) in [4.78, 5) is 10.4. The number of halogens is 1. The van der Waals surface area contributed by atoms with Gasteiger partial charge >= 0.3 is 5.69 Å². The summed E-state index contributed by atoms with van der Waals surface area (Å²) >= 11 is 5.77. The van der Waals surface area contributed by atoms with E-state index in [0.717, 1.165) is 0 Å². The molecule has 1 atom stereocenters. The van der Waals surface area contributed by atoms with Gasteiger partial charge in [0, 0.05) is 17.7 Å². The van der Waals surface area contributed by atoms with Crippen molar-refractivity contribution in [3.05, 3.63) is 32.8 Å². The molecule has 0 aliphatic carbocycles. The first kappa shape index (κ1) is 15.7. The molecule has 6 nitrogen and oxygen atoms in total. The number of aliphatic hydroxyl groups is 1. The van der Waals surface area contributed by atoms with E-state index in [1.807, 2.05) is 6.92 Å². The highest BCUT2D eigenvalue weighted by atomic mass is 35.5. The maximum Gasteiger partial charge on any atom is 0.312 e. The summed E-state index contributed by atoms with van der Waals surface area (Å²) in [5, 5.41) is 20.8. The van der Waals surface area contributed by atoms with Crippen molar-refractivity contribution in [3.63, 3.8) is 0 Å². The quantitative estimate of drug-likeness (QED) is 0.615. The number of rotatable bonds is 7. The predicted octanol–water partition coefficient (Wildman–Crippen LogP) is 2.33. The van der Waals surface area contributed by atoms with Crippen LogP contribution < -0.4 is 4.74 Å². The van der Waals surface area contributed by atoms with Crippen LogP contribution in [-0.4, -0.2) is 36.0 Å². The van der Waals surface area contributed by atoms with Gasteiger partial charge < -0.3 is 14.6 Å². The number of nitrogens with zero attached hydrogens (tertiary/aromatic N) is 1. The molecule has 0 bridgehead atoms. The summed E-state index contributed by atoms with van der Waals surface area (Å²) < 4.78 is 10.3. The SMILES string of the molecule is CCOCC(O)COc1c(C)cc(Cl)cc1[N+](=O)[O-]. The van der Waals surface area contributed by atoms with Crippen molar-refractivity contribution in [2.75, 3.05) is 19.8 Å². The van der Waals surface area contributed by atoms with Crippen LogP contribution in [0.15, 0.2) is 12.1 Å². The van der Waals surface area contributed by atoms with Gasteiger partial charge in [-0.3, -0.25) is 10.1 Å². The number of hydrogen-bond acceptors (Lipinski definition) is 5. The highest BCUT2D eigenvalue weighted by Gasteiger charge is 2.20. The molecule has 0 aromatic heterocycles. The molecule has 1 aromatic rings. The third-order valence-electron chi connectivity index (χ3n) is 2.35. The minimum absolute atomic E-state index is 0.0800. The summed E-state index contributed by atoms with van der Waals surface area (Å²) in [6, 6.07) is 2.79. The smallest absolute Gasteiger partial charge is 0.312 e. The first-order valence-electron chi connectivity index (χ1n) is 5.78. The average molecular weight is 290 g/mol. The summed E-state index contributed by atoms with van der Waals surface area (Å²) in [7, 11) is 0. The number of ether oxygens (including phenoxy) is 2. The van der Waals surface area contributed by atoms with Gasteiger partial charge in [0.15, 0.2) is 5.75 Å². The number of aryl methyl sites for hydroxylation is 1. The summed E-state index contributed by atoms with van der Waals surface area (Å²) in [6.45, 7) is 3.99. The molecule has 1 aromatic carbocycles. The van der Waals surface area contributed by atoms with Crippen LogP contribution >= 0.6 is 11.6 Å². The Balaban J connectivity index is 2.80. The molecule has 7 heteroatoms. The van der Waals surface area contributed by atoms with Gasteiger partial charge in [-0.2, -0.15) is 0 Å². The molecule has 0 aliphatic rings. The van der Waals surface area contributed by atoms with Crippen molar-refractivity contribution in [2.24, 2.45) is 0 Å². The van der Waals surface area contributed by atoms with Crippen LogP contribution in [-0.2, 0) is 4.74 Å². The van der Waals surface area contributed by atoms with Gasteiger partial charge in [0.1, 0.15) is 12.7 Å². The molecule has 0 saturated carbocycles. The molecule has 1 rings (SSSR count). The molecule has 0 amide bonds. The minimum Gasteiger partial charge on any atom is -0.484 e. The van der Waals surface area contributed by atoms with E-state index < -0.39 is 11.0 Å². The van der Waals surface area contributed by atoms with Crippen LogP contribution in [0.4, 0.5) is 5.69 Å². The Morgan fingerprint density at radius 2 is 2.16 bits per heavy atom. The highest BCUT2D eigenvalue weighted by molar-refractivity contribution is 6.31. The lowest BCUT2D eigenvalue weighted by molar-refractivity contribution is -0.386. The molecule has 106 valence electrons. The van der Waals surface area contributed by atoms with E-state index >= 15 is 0 Å². The van der Waals surface area contributed by atoms with E-state index in [1.54, 1.807) is 13.0 Å². The number of nitro groups is 1. The van der Waals surface area contributed by atoms with E-state index in [4.69, 9.17) is 21.1 Å². The van der Waals surface area contributed by atoms with Gasteiger partial charge in [-0.05, 0) is 25.5 Å². The first-order chi connectivity index (χ1) is 8.95. The van der Waals surface area contributed by atoms with Crippen LogP contribution in [0.2, 0.25) is 5.02 Å². The zero-order valence-electron chi connectivity index (χ0n) is 10.8. The Hall–Kier alpha value is -1.37. The molecule has 1 unspecified atom stereocenters. The van der Waals surface area contributed by atoms with Gasteiger partial charge in [-0.25, -0.2) is 0 Å². The Morgan fingerprint density at radius 1 is 1.47 bits per heavy atom. The molecule has 0 spiro atoms. The maximum atomic E-state index is 10.9. The topological polar surface area (TPSA) is 81.8 Å². The van der Waals surface area contributed by atoms with Crippen molar-refractivity contribution >= 4 is 17.3 Å². The molecule has 0 saturated heterocycles. The third-order valence-corrected chi connectivity index (χ3v) is 2.57. The van der Waals surface area contributed by atoms with Gasteiger partial charge in [0.25, 0.3) is 0 Å². The molecule has 0 heterocycles. The van der Waals surface area contributed by atoms with Crippen LogP contribution in [0, 0.1) is 17.0 Å². The second-order valence-corrected chi connectivity index (χ2v) is 4.39. The average Bonchev–Trinajstić information content (AvgIpc) is 2.34. The lowest BCUT2D eigenvalue weighted by atomic mass is 10.2. The van der Waals surface area contributed by atoms with Crippen LogP contribution in [0.3, 0.4) is 0 Å². The van der Waals surface area contributed by atoms with Gasteiger partial charge in [-0.15, -0.1) is 0 Å². The Bertz CT molecular complexity index is 452. The molecule has 0 radical (unpaired) electrons. The number of nitro benzene ring substituents is 1. The lowest BCUT2D eigenvalue weighted by Gasteiger charge is -2.14. The van der Waals surface area contributed by atoms with Crippen LogP contribution in [0.25, 0.3) is 0 Å². The van der Waals surface area contributed by atoms with Crippen molar-refractivity contribution in [1.29, 1.82) is 0 Å². The number of aliphatic hydroxyl groups excluding tert-OH is 1. The van der Waals surface area contributed by atoms with E-state index in [9.17, 15) is 15.2 Å². The predicted molar refractivity (Wildman–Crippen MR) is 70.8 cm³/mol. The van der Waals surface area contributed by atoms with Crippen molar-refractivity contribution in [3.8, 4) is 5.75 Å². The van der Waals surface area contributed by atoms with Crippen LogP contribution in [0.5, 0.6) is 5.75 Å². The van der Waals surface area contributed by atoms with E-state index in [0.29, 0.717) is 12.2 Å². The largest absolute Gasteiger partial charge is 0.484 e. The maximum absolute atomic E-state index is 10.9.